The topological polar surface area (TPSA) is 12.0 Å². The molecule has 0 aliphatic heterocycles. The maximum atomic E-state index is 5.97. The van der Waals surface area contributed by atoms with Crippen LogP contribution in [0.5, 0.6) is 0 Å². The number of thiophene rings is 1. The van der Waals surface area contributed by atoms with Gasteiger partial charge in [-0.05, 0) is 48.7 Å². The zero-order valence-corrected chi connectivity index (χ0v) is 12.8. The van der Waals surface area contributed by atoms with Crippen LogP contribution in [0.2, 0.25) is 5.02 Å². The van der Waals surface area contributed by atoms with E-state index < -0.39 is 0 Å². The Kier molecular flexibility index (Phi) is 4.26. The number of halogens is 2. The molecule has 2 rings (SSSR count). The van der Waals surface area contributed by atoms with Crippen molar-refractivity contribution in [1.82, 2.24) is 5.32 Å². The Morgan fingerprint density at radius 1 is 1.35 bits per heavy atom. The highest BCUT2D eigenvalue weighted by Crippen LogP contribution is 2.34. The Hall–Kier alpha value is -0.350. The lowest BCUT2D eigenvalue weighted by Crippen LogP contribution is -2.17. The van der Waals surface area contributed by atoms with Crippen LogP contribution >= 0.6 is 38.9 Å². The summed E-state index contributed by atoms with van der Waals surface area (Å²) >= 11 is 11.3. The summed E-state index contributed by atoms with van der Waals surface area (Å²) in [5, 5.41) is 6.23. The van der Waals surface area contributed by atoms with Gasteiger partial charge in [0.15, 0.2) is 0 Å². The predicted molar refractivity (Wildman–Crippen MR) is 79.1 cm³/mol. The van der Waals surface area contributed by atoms with Gasteiger partial charge in [0.2, 0.25) is 0 Å². The van der Waals surface area contributed by atoms with Crippen molar-refractivity contribution >= 4 is 38.9 Å². The predicted octanol–water partition coefficient (Wildman–Crippen LogP) is 4.78. The maximum Gasteiger partial charge on any atom is 0.0682 e. The fraction of sp³-hybridized carbons (Fsp3) is 0.231. The molecule has 1 aromatic heterocycles. The number of rotatable bonds is 3. The Labute approximate surface area is 119 Å². The van der Waals surface area contributed by atoms with Crippen LogP contribution in [0.1, 0.15) is 22.0 Å². The zero-order valence-electron chi connectivity index (χ0n) is 9.63. The lowest BCUT2D eigenvalue weighted by atomic mass is 10.0. The molecular weight excluding hydrogens is 318 g/mol. The molecule has 4 heteroatoms. The summed E-state index contributed by atoms with van der Waals surface area (Å²) in [6.45, 7) is 2.14. The van der Waals surface area contributed by atoms with Gasteiger partial charge < -0.3 is 5.32 Å². The SMILES string of the molecule is CNC(c1ccc(Cl)cc1Br)c1sccc1C. The van der Waals surface area contributed by atoms with Crippen LogP contribution in [-0.2, 0) is 0 Å². The Balaban J connectivity index is 2.46. The second kappa shape index (κ2) is 5.53. The molecule has 0 bridgehead atoms. The van der Waals surface area contributed by atoms with Gasteiger partial charge in [-0.15, -0.1) is 11.3 Å². The third-order valence-electron chi connectivity index (χ3n) is 2.73. The third kappa shape index (κ3) is 2.74. The summed E-state index contributed by atoms with van der Waals surface area (Å²) in [4.78, 5) is 1.34. The van der Waals surface area contributed by atoms with E-state index in [0.717, 1.165) is 9.50 Å². The quantitative estimate of drug-likeness (QED) is 0.854. The maximum absolute atomic E-state index is 5.97. The summed E-state index contributed by atoms with van der Waals surface area (Å²) < 4.78 is 1.04. The molecule has 0 spiro atoms. The molecule has 1 N–H and O–H groups in total. The van der Waals surface area contributed by atoms with Crippen LogP contribution in [0.15, 0.2) is 34.1 Å². The molecule has 1 atom stereocenters. The van der Waals surface area contributed by atoms with Crippen molar-refractivity contribution in [3.05, 3.63) is 55.1 Å². The minimum atomic E-state index is 0.210. The normalized spacial score (nSPS) is 12.7. The van der Waals surface area contributed by atoms with E-state index in [1.54, 1.807) is 11.3 Å². The van der Waals surface area contributed by atoms with Gasteiger partial charge in [-0.2, -0.15) is 0 Å². The highest BCUT2D eigenvalue weighted by Gasteiger charge is 2.17. The monoisotopic (exact) mass is 329 g/mol. The molecule has 0 radical (unpaired) electrons. The van der Waals surface area contributed by atoms with E-state index in [0.29, 0.717) is 0 Å². The van der Waals surface area contributed by atoms with E-state index in [4.69, 9.17) is 11.6 Å². The number of benzene rings is 1. The van der Waals surface area contributed by atoms with Crippen molar-refractivity contribution < 1.29 is 0 Å². The highest BCUT2D eigenvalue weighted by atomic mass is 79.9. The van der Waals surface area contributed by atoms with Crippen molar-refractivity contribution in [3.8, 4) is 0 Å². The van der Waals surface area contributed by atoms with E-state index in [-0.39, 0.29) is 6.04 Å². The zero-order chi connectivity index (χ0) is 12.4. The number of aryl methyl sites for hydroxylation is 1. The van der Waals surface area contributed by atoms with Crippen LogP contribution < -0.4 is 5.32 Å². The Morgan fingerprint density at radius 2 is 2.12 bits per heavy atom. The Bertz CT molecular complexity index is 524. The molecule has 90 valence electrons. The number of hydrogen-bond acceptors (Lipinski definition) is 2. The molecule has 1 unspecified atom stereocenters. The molecule has 0 amide bonds. The number of hydrogen-bond donors (Lipinski definition) is 1. The summed E-state index contributed by atoms with van der Waals surface area (Å²) in [6.07, 6.45) is 0. The first-order valence-corrected chi connectivity index (χ1v) is 7.34. The van der Waals surface area contributed by atoms with E-state index >= 15 is 0 Å². The highest BCUT2D eigenvalue weighted by molar-refractivity contribution is 9.10. The molecule has 0 saturated carbocycles. The minimum absolute atomic E-state index is 0.210. The summed E-state index contributed by atoms with van der Waals surface area (Å²) in [5.41, 5.74) is 2.53. The molecule has 1 aromatic carbocycles. The number of nitrogens with one attached hydrogen (secondary N) is 1. The Morgan fingerprint density at radius 3 is 2.65 bits per heavy atom. The van der Waals surface area contributed by atoms with Gasteiger partial charge in [-0.25, -0.2) is 0 Å². The van der Waals surface area contributed by atoms with Crippen LogP contribution in [0.25, 0.3) is 0 Å². The van der Waals surface area contributed by atoms with Crippen molar-refractivity contribution in [2.45, 2.75) is 13.0 Å². The second-order valence-corrected chi connectivity index (χ2v) is 6.09. The molecule has 0 aliphatic carbocycles. The smallest absolute Gasteiger partial charge is 0.0682 e. The third-order valence-corrected chi connectivity index (χ3v) is 4.73. The van der Waals surface area contributed by atoms with E-state index in [2.05, 4.69) is 45.7 Å². The molecular formula is C13H13BrClNS. The fourth-order valence-corrected chi connectivity index (χ4v) is 3.81. The summed E-state index contributed by atoms with van der Waals surface area (Å²) in [7, 11) is 1.98. The van der Waals surface area contributed by atoms with Crippen molar-refractivity contribution in [2.75, 3.05) is 7.05 Å². The van der Waals surface area contributed by atoms with E-state index in [1.807, 2.05) is 19.2 Å². The van der Waals surface area contributed by atoms with Gasteiger partial charge in [-0.1, -0.05) is 33.6 Å². The lowest BCUT2D eigenvalue weighted by Gasteiger charge is -2.18. The van der Waals surface area contributed by atoms with Crippen LogP contribution in [-0.4, -0.2) is 7.05 Å². The first-order chi connectivity index (χ1) is 8.13. The first kappa shape index (κ1) is 13.1. The van der Waals surface area contributed by atoms with Crippen LogP contribution in [0.3, 0.4) is 0 Å². The van der Waals surface area contributed by atoms with Gasteiger partial charge >= 0.3 is 0 Å². The molecule has 0 fully saturated rings. The second-order valence-electron chi connectivity index (χ2n) is 3.86. The first-order valence-electron chi connectivity index (χ1n) is 5.29. The van der Waals surface area contributed by atoms with Gasteiger partial charge in [0.1, 0.15) is 0 Å². The molecule has 17 heavy (non-hydrogen) atoms. The minimum Gasteiger partial charge on any atom is -0.309 e. The average Bonchev–Trinajstić information content (AvgIpc) is 2.69. The lowest BCUT2D eigenvalue weighted by molar-refractivity contribution is 0.697. The van der Waals surface area contributed by atoms with Crippen molar-refractivity contribution in [2.24, 2.45) is 0 Å². The average molecular weight is 331 g/mol. The van der Waals surface area contributed by atoms with Crippen molar-refractivity contribution in [1.29, 1.82) is 0 Å². The molecule has 2 aromatic rings. The summed E-state index contributed by atoms with van der Waals surface area (Å²) in [5.74, 6) is 0. The standard InChI is InChI=1S/C13H13BrClNS/c1-8-5-6-17-13(8)12(16-2)10-4-3-9(15)7-11(10)14/h3-7,12,16H,1-2H3. The molecule has 1 nitrogen and oxygen atoms in total. The van der Waals surface area contributed by atoms with Gasteiger partial charge in [0.25, 0.3) is 0 Å². The van der Waals surface area contributed by atoms with Gasteiger partial charge in [-0.3, -0.25) is 0 Å². The van der Waals surface area contributed by atoms with Gasteiger partial charge in [0.05, 0.1) is 6.04 Å². The molecule has 1 heterocycles. The van der Waals surface area contributed by atoms with Gasteiger partial charge in [0, 0.05) is 14.4 Å². The van der Waals surface area contributed by atoms with E-state index in [1.165, 1.54) is 16.0 Å². The summed E-state index contributed by atoms with van der Waals surface area (Å²) in [6, 6.07) is 8.28. The van der Waals surface area contributed by atoms with Crippen LogP contribution in [0, 0.1) is 6.92 Å². The van der Waals surface area contributed by atoms with Crippen molar-refractivity contribution in [3.63, 3.8) is 0 Å². The molecule has 0 aliphatic rings. The largest absolute Gasteiger partial charge is 0.309 e. The van der Waals surface area contributed by atoms with E-state index in [9.17, 15) is 0 Å². The fourth-order valence-electron chi connectivity index (χ4n) is 1.84. The van der Waals surface area contributed by atoms with Crippen LogP contribution in [0.4, 0.5) is 0 Å². The molecule has 0 saturated heterocycles.